The van der Waals surface area contributed by atoms with Crippen molar-refractivity contribution < 1.29 is 9.53 Å². The standard InChI is InChI=1S/C17H22Cl2N2O2.ClH/c18-13-3-4-15(19)16(9-13)23-11-17(22)21-7-5-14(6-8-21)20-10-12-1-2-12;/h3-4,9,12,14,20H,1-2,5-8,10-11H2;1H. The van der Waals surface area contributed by atoms with Gasteiger partial charge in [0.1, 0.15) is 5.75 Å². The Kier molecular flexibility index (Phi) is 7.48. The van der Waals surface area contributed by atoms with Gasteiger partial charge in [0, 0.05) is 30.2 Å². The van der Waals surface area contributed by atoms with Crippen LogP contribution in [0.2, 0.25) is 10.0 Å². The van der Waals surface area contributed by atoms with Crippen molar-refractivity contribution in [2.75, 3.05) is 26.2 Å². The van der Waals surface area contributed by atoms with Gasteiger partial charge in [0.25, 0.3) is 5.91 Å². The average molecular weight is 394 g/mol. The van der Waals surface area contributed by atoms with Crippen molar-refractivity contribution in [3.05, 3.63) is 28.2 Å². The Morgan fingerprint density at radius 1 is 1.21 bits per heavy atom. The third-order valence-electron chi connectivity index (χ3n) is 4.48. The molecule has 0 spiro atoms. The second kappa shape index (κ2) is 9.14. The number of rotatable bonds is 6. The number of halogens is 3. The van der Waals surface area contributed by atoms with Crippen LogP contribution in [0.4, 0.5) is 0 Å². The molecular formula is C17H23Cl3N2O2. The first-order valence-electron chi connectivity index (χ1n) is 8.21. The lowest BCUT2D eigenvalue weighted by molar-refractivity contribution is -0.134. The maximum absolute atomic E-state index is 12.3. The minimum atomic E-state index is 0. The monoisotopic (exact) mass is 392 g/mol. The number of nitrogens with one attached hydrogen (secondary N) is 1. The Morgan fingerprint density at radius 2 is 1.92 bits per heavy atom. The van der Waals surface area contributed by atoms with Crippen molar-refractivity contribution in [2.24, 2.45) is 5.92 Å². The molecule has 2 aliphatic rings. The highest BCUT2D eigenvalue weighted by atomic mass is 35.5. The highest BCUT2D eigenvalue weighted by Crippen LogP contribution is 2.29. The number of benzene rings is 1. The summed E-state index contributed by atoms with van der Waals surface area (Å²) < 4.78 is 5.52. The summed E-state index contributed by atoms with van der Waals surface area (Å²) in [5.41, 5.74) is 0. The molecule has 0 unspecified atom stereocenters. The first-order valence-corrected chi connectivity index (χ1v) is 8.96. The van der Waals surface area contributed by atoms with E-state index in [9.17, 15) is 4.79 Å². The van der Waals surface area contributed by atoms with Crippen LogP contribution >= 0.6 is 35.6 Å². The fourth-order valence-electron chi connectivity index (χ4n) is 2.81. The van der Waals surface area contributed by atoms with Crippen LogP contribution in [0.3, 0.4) is 0 Å². The third-order valence-corrected chi connectivity index (χ3v) is 5.03. The molecule has 4 nitrogen and oxygen atoms in total. The van der Waals surface area contributed by atoms with E-state index >= 15 is 0 Å². The van der Waals surface area contributed by atoms with Gasteiger partial charge in [0.15, 0.2) is 6.61 Å². The summed E-state index contributed by atoms with van der Waals surface area (Å²) in [6.07, 6.45) is 4.76. The Labute approximate surface area is 159 Å². The van der Waals surface area contributed by atoms with Crippen LogP contribution in [0, 0.1) is 5.92 Å². The zero-order valence-electron chi connectivity index (χ0n) is 13.5. The van der Waals surface area contributed by atoms with Gasteiger partial charge in [0.05, 0.1) is 5.02 Å². The molecule has 1 saturated heterocycles. The van der Waals surface area contributed by atoms with Crippen molar-refractivity contribution in [1.29, 1.82) is 0 Å². The molecule has 1 aromatic carbocycles. The largest absolute Gasteiger partial charge is 0.482 e. The first-order chi connectivity index (χ1) is 11.1. The summed E-state index contributed by atoms with van der Waals surface area (Å²) in [6, 6.07) is 5.53. The molecule has 0 aromatic heterocycles. The summed E-state index contributed by atoms with van der Waals surface area (Å²) in [6.45, 7) is 2.71. The summed E-state index contributed by atoms with van der Waals surface area (Å²) in [4.78, 5) is 14.1. The van der Waals surface area contributed by atoms with E-state index < -0.39 is 0 Å². The van der Waals surface area contributed by atoms with E-state index in [0.717, 1.165) is 38.4 Å². The maximum atomic E-state index is 12.3. The van der Waals surface area contributed by atoms with E-state index in [2.05, 4.69) is 5.32 Å². The highest BCUT2D eigenvalue weighted by molar-refractivity contribution is 6.34. The van der Waals surface area contributed by atoms with Gasteiger partial charge >= 0.3 is 0 Å². The topological polar surface area (TPSA) is 41.6 Å². The average Bonchev–Trinajstić information content (AvgIpc) is 3.38. The highest BCUT2D eigenvalue weighted by Gasteiger charge is 2.26. The Morgan fingerprint density at radius 3 is 2.58 bits per heavy atom. The first kappa shape index (κ1) is 19.6. The molecule has 1 aromatic rings. The van der Waals surface area contributed by atoms with Crippen molar-refractivity contribution in [3.8, 4) is 5.75 Å². The van der Waals surface area contributed by atoms with E-state index in [-0.39, 0.29) is 24.9 Å². The van der Waals surface area contributed by atoms with Crippen LogP contribution in [-0.4, -0.2) is 43.1 Å². The number of nitrogens with zero attached hydrogens (tertiary/aromatic N) is 1. The fourth-order valence-corrected chi connectivity index (χ4v) is 3.14. The number of likely N-dealkylation sites (tertiary alicyclic amines) is 1. The van der Waals surface area contributed by atoms with E-state index in [1.165, 1.54) is 12.8 Å². The van der Waals surface area contributed by atoms with Crippen molar-refractivity contribution in [1.82, 2.24) is 10.2 Å². The normalized spacial score (nSPS) is 18.2. The zero-order valence-corrected chi connectivity index (χ0v) is 15.8. The van der Waals surface area contributed by atoms with Crippen molar-refractivity contribution in [2.45, 2.75) is 31.7 Å². The lowest BCUT2D eigenvalue weighted by Crippen LogP contribution is -2.46. The Balaban J connectivity index is 0.00000208. The van der Waals surface area contributed by atoms with Crippen LogP contribution in [0.5, 0.6) is 5.75 Å². The molecule has 134 valence electrons. The van der Waals surface area contributed by atoms with Crippen molar-refractivity contribution >= 4 is 41.5 Å². The number of hydrogen-bond acceptors (Lipinski definition) is 3. The zero-order chi connectivity index (χ0) is 16.2. The maximum Gasteiger partial charge on any atom is 0.260 e. The lowest BCUT2D eigenvalue weighted by atomic mass is 10.0. The fraction of sp³-hybridized carbons (Fsp3) is 0.588. The van der Waals surface area contributed by atoms with Gasteiger partial charge in [-0.25, -0.2) is 0 Å². The van der Waals surface area contributed by atoms with Crippen LogP contribution in [-0.2, 0) is 4.79 Å². The molecule has 1 saturated carbocycles. The molecule has 7 heteroatoms. The summed E-state index contributed by atoms with van der Waals surface area (Å²) >= 11 is 11.9. The second-order valence-electron chi connectivity index (χ2n) is 6.37. The predicted molar refractivity (Wildman–Crippen MR) is 99.5 cm³/mol. The van der Waals surface area contributed by atoms with Crippen molar-refractivity contribution in [3.63, 3.8) is 0 Å². The van der Waals surface area contributed by atoms with E-state index in [1.54, 1.807) is 18.2 Å². The number of carbonyl (C=O) groups excluding carboxylic acids is 1. The third kappa shape index (κ3) is 5.69. The quantitative estimate of drug-likeness (QED) is 0.799. The molecule has 1 aliphatic carbocycles. The SMILES string of the molecule is Cl.O=C(COc1cc(Cl)ccc1Cl)N1CCC(NCC2CC2)CC1. The number of carbonyl (C=O) groups is 1. The van der Waals surface area contributed by atoms with Gasteiger partial charge < -0.3 is 15.0 Å². The number of piperidine rings is 1. The minimum Gasteiger partial charge on any atom is -0.482 e. The Hall–Kier alpha value is -0.680. The smallest absolute Gasteiger partial charge is 0.260 e. The molecule has 1 heterocycles. The van der Waals surface area contributed by atoms with Crippen LogP contribution in [0.1, 0.15) is 25.7 Å². The van der Waals surface area contributed by atoms with Gasteiger partial charge in [-0.3, -0.25) is 4.79 Å². The molecule has 3 rings (SSSR count). The molecule has 2 fully saturated rings. The Bertz CT molecular complexity index is 559. The summed E-state index contributed by atoms with van der Waals surface area (Å²) in [5.74, 6) is 1.35. The van der Waals surface area contributed by atoms with Gasteiger partial charge in [-0.2, -0.15) is 0 Å². The van der Waals surface area contributed by atoms with E-state index in [4.69, 9.17) is 27.9 Å². The van der Waals surface area contributed by atoms with Crippen LogP contribution in [0.15, 0.2) is 18.2 Å². The number of amides is 1. The van der Waals surface area contributed by atoms with Crippen LogP contribution < -0.4 is 10.1 Å². The summed E-state index contributed by atoms with van der Waals surface area (Å²) in [7, 11) is 0. The summed E-state index contributed by atoms with van der Waals surface area (Å²) in [5, 5.41) is 4.62. The van der Waals surface area contributed by atoms with E-state index in [1.807, 2.05) is 4.90 Å². The second-order valence-corrected chi connectivity index (χ2v) is 7.21. The number of hydrogen-bond donors (Lipinski definition) is 1. The van der Waals surface area contributed by atoms with Gasteiger partial charge in [-0.15, -0.1) is 12.4 Å². The molecule has 0 bridgehead atoms. The molecule has 1 N–H and O–H groups in total. The van der Waals surface area contributed by atoms with Gasteiger partial charge in [-0.1, -0.05) is 23.2 Å². The number of ether oxygens (including phenoxy) is 1. The predicted octanol–water partition coefficient (Wildman–Crippen LogP) is 3.78. The van der Waals surface area contributed by atoms with E-state index in [0.29, 0.717) is 21.8 Å². The van der Waals surface area contributed by atoms with Gasteiger partial charge in [-0.05, 0) is 50.3 Å². The molecule has 0 radical (unpaired) electrons. The molecule has 1 aliphatic heterocycles. The molecule has 1 amide bonds. The molecule has 24 heavy (non-hydrogen) atoms. The van der Waals surface area contributed by atoms with Crippen LogP contribution in [0.25, 0.3) is 0 Å². The lowest BCUT2D eigenvalue weighted by Gasteiger charge is -2.32. The molecule has 0 atom stereocenters. The molecular weight excluding hydrogens is 371 g/mol. The minimum absolute atomic E-state index is 0. The van der Waals surface area contributed by atoms with Gasteiger partial charge in [0.2, 0.25) is 0 Å².